The van der Waals surface area contributed by atoms with E-state index >= 15 is 0 Å². The monoisotopic (exact) mass is 262 g/mol. The highest BCUT2D eigenvalue weighted by molar-refractivity contribution is 5.77. The number of carbonyl (C=O) groups is 1. The normalized spacial score (nSPS) is 47.6. The highest BCUT2D eigenvalue weighted by Crippen LogP contribution is 2.61. The lowest BCUT2D eigenvalue weighted by Crippen LogP contribution is -2.49. The van der Waals surface area contributed by atoms with Crippen LogP contribution in [0.4, 0.5) is 0 Å². The van der Waals surface area contributed by atoms with Gasteiger partial charge in [0.2, 0.25) is 5.91 Å². The van der Waals surface area contributed by atoms with Crippen molar-refractivity contribution in [2.75, 3.05) is 13.1 Å². The van der Waals surface area contributed by atoms with Crippen molar-refractivity contribution in [3.8, 4) is 0 Å². The van der Waals surface area contributed by atoms with Crippen molar-refractivity contribution in [3.63, 3.8) is 0 Å². The van der Waals surface area contributed by atoms with Crippen molar-refractivity contribution in [2.24, 2.45) is 23.2 Å². The van der Waals surface area contributed by atoms with Crippen molar-refractivity contribution in [3.05, 3.63) is 0 Å². The van der Waals surface area contributed by atoms with Gasteiger partial charge >= 0.3 is 0 Å². The molecule has 0 aromatic rings. The van der Waals surface area contributed by atoms with E-state index in [1.165, 1.54) is 38.5 Å². The summed E-state index contributed by atoms with van der Waals surface area (Å²) < 4.78 is 0. The van der Waals surface area contributed by atoms with Gasteiger partial charge in [-0.05, 0) is 74.7 Å². The van der Waals surface area contributed by atoms with Gasteiger partial charge in [-0.3, -0.25) is 4.79 Å². The fourth-order valence-electron chi connectivity index (χ4n) is 5.90. The summed E-state index contributed by atoms with van der Waals surface area (Å²) in [7, 11) is 0. The Labute approximate surface area is 115 Å². The van der Waals surface area contributed by atoms with Crippen LogP contribution in [-0.2, 0) is 4.79 Å². The largest absolute Gasteiger partial charge is 0.352 e. The molecule has 0 radical (unpaired) electrons. The fourth-order valence-corrected chi connectivity index (χ4v) is 5.90. The molecule has 4 saturated carbocycles. The smallest absolute Gasteiger partial charge is 0.220 e. The second kappa shape index (κ2) is 4.47. The van der Waals surface area contributed by atoms with Crippen LogP contribution < -0.4 is 10.6 Å². The lowest BCUT2D eigenvalue weighted by atomic mass is 9.49. The minimum atomic E-state index is 0.329. The van der Waals surface area contributed by atoms with E-state index in [9.17, 15) is 4.79 Å². The summed E-state index contributed by atoms with van der Waals surface area (Å²) in [5.41, 5.74) is 0.394. The number of amides is 1. The van der Waals surface area contributed by atoms with E-state index in [1.54, 1.807) is 0 Å². The molecule has 4 bridgehead atoms. The molecule has 0 aromatic carbocycles. The quantitative estimate of drug-likeness (QED) is 0.817. The van der Waals surface area contributed by atoms with Gasteiger partial charge in [-0.25, -0.2) is 0 Å². The Morgan fingerprint density at radius 2 is 1.74 bits per heavy atom. The molecule has 1 atom stereocenters. The molecule has 1 amide bonds. The molecule has 0 aromatic heterocycles. The third-order valence-corrected chi connectivity index (χ3v) is 6.13. The second-order valence-corrected chi connectivity index (χ2v) is 7.85. The van der Waals surface area contributed by atoms with Crippen LogP contribution in [-0.4, -0.2) is 25.0 Å². The first kappa shape index (κ1) is 12.2. The van der Waals surface area contributed by atoms with E-state index in [4.69, 9.17) is 0 Å². The van der Waals surface area contributed by atoms with Gasteiger partial charge in [-0.15, -0.1) is 0 Å². The van der Waals surface area contributed by atoms with Gasteiger partial charge in [0.15, 0.2) is 0 Å². The fraction of sp³-hybridized carbons (Fsp3) is 0.938. The molecule has 3 nitrogen and oxygen atoms in total. The summed E-state index contributed by atoms with van der Waals surface area (Å²) >= 11 is 0. The van der Waals surface area contributed by atoms with Gasteiger partial charge in [0.05, 0.1) is 0 Å². The molecule has 4 aliphatic carbocycles. The van der Waals surface area contributed by atoms with Crippen LogP contribution in [0.2, 0.25) is 0 Å². The molecule has 2 N–H and O–H groups in total. The van der Waals surface area contributed by atoms with Crippen molar-refractivity contribution in [1.29, 1.82) is 0 Å². The SMILES string of the molecule is O=C(CC12CC3CC(CC(C3)C1)C2)NC1CCNC1. The van der Waals surface area contributed by atoms with Gasteiger partial charge in [0, 0.05) is 19.0 Å². The van der Waals surface area contributed by atoms with Crippen molar-refractivity contribution in [2.45, 2.75) is 57.4 Å². The maximum Gasteiger partial charge on any atom is 0.220 e. The Balaban J connectivity index is 1.40. The van der Waals surface area contributed by atoms with E-state index < -0.39 is 0 Å². The molecule has 106 valence electrons. The molecular weight excluding hydrogens is 236 g/mol. The standard InChI is InChI=1S/C16H26N2O/c19-15(18-14-1-2-17-10-14)9-16-6-11-3-12(7-16)5-13(4-11)8-16/h11-14,17H,1-10H2,(H,18,19). The molecule has 5 fully saturated rings. The first-order valence-corrected chi connectivity index (χ1v) is 8.21. The second-order valence-electron chi connectivity index (χ2n) is 7.85. The average molecular weight is 262 g/mol. The summed E-state index contributed by atoms with van der Waals surface area (Å²) in [6, 6.07) is 0.390. The minimum Gasteiger partial charge on any atom is -0.352 e. The summed E-state index contributed by atoms with van der Waals surface area (Å²) in [5.74, 6) is 3.18. The van der Waals surface area contributed by atoms with Crippen molar-refractivity contribution in [1.82, 2.24) is 10.6 Å². The maximum atomic E-state index is 12.3. The molecule has 5 rings (SSSR count). The van der Waals surface area contributed by atoms with Crippen LogP contribution in [0.1, 0.15) is 51.4 Å². The maximum absolute atomic E-state index is 12.3. The summed E-state index contributed by atoms with van der Waals surface area (Å²) in [4.78, 5) is 12.3. The van der Waals surface area contributed by atoms with Gasteiger partial charge in [0.1, 0.15) is 0 Å². The van der Waals surface area contributed by atoms with Crippen LogP contribution in [0.3, 0.4) is 0 Å². The summed E-state index contributed by atoms with van der Waals surface area (Å²) in [6.45, 7) is 2.02. The molecule has 1 heterocycles. The van der Waals surface area contributed by atoms with E-state index in [0.29, 0.717) is 17.4 Å². The number of carbonyl (C=O) groups excluding carboxylic acids is 1. The number of nitrogens with one attached hydrogen (secondary N) is 2. The molecule has 3 heteroatoms. The zero-order chi connectivity index (χ0) is 12.9. The lowest BCUT2D eigenvalue weighted by molar-refractivity contribution is -0.130. The number of hydrogen-bond acceptors (Lipinski definition) is 2. The highest BCUT2D eigenvalue weighted by Gasteiger charge is 2.51. The Hall–Kier alpha value is -0.570. The Morgan fingerprint density at radius 3 is 2.26 bits per heavy atom. The molecule has 1 saturated heterocycles. The van der Waals surface area contributed by atoms with Crippen LogP contribution in [0.5, 0.6) is 0 Å². The van der Waals surface area contributed by atoms with E-state index in [2.05, 4.69) is 10.6 Å². The molecule has 0 spiro atoms. The van der Waals surface area contributed by atoms with Crippen molar-refractivity contribution >= 4 is 5.91 Å². The van der Waals surface area contributed by atoms with Gasteiger partial charge in [-0.1, -0.05) is 0 Å². The van der Waals surface area contributed by atoms with Crippen molar-refractivity contribution < 1.29 is 4.79 Å². The predicted octanol–water partition coefficient (Wildman–Crippen LogP) is 2.07. The van der Waals surface area contributed by atoms with E-state index in [-0.39, 0.29) is 0 Å². The summed E-state index contributed by atoms with van der Waals surface area (Å²) in [5, 5.41) is 6.57. The van der Waals surface area contributed by atoms with E-state index in [1.807, 2.05) is 0 Å². The highest BCUT2D eigenvalue weighted by atomic mass is 16.1. The third-order valence-electron chi connectivity index (χ3n) is 6.13. The number of hydrogen-bond donors (Lipinski definition) is 2. The van der Waals surface area contributed by atoms with Gasteiger partial charge in [-0.2, -0.15) is 0 Å². The zero-order valence-corrected chi connectivity index (χ0v) is 11.8. The predicted molar refractivity (Wildman–Crippen MR) is 74.6 cm³/mol. The molecule has 1 unspecified atom stereocenters. The van der Waals surface area contributed by atoms with Crippen LogP contribution >= 0.6 is 0 Å². The first-order valence-electron chi connectivity index (χ1n) is 8.21. The molecular formula is C16H26N2O. The average Bonchev–Trinajstić information content (AvgIpc) is 2.78. The van der Waals surface area contributed by atoms with Gasteiger partial charge < -0.3 is 10.6 Å². The molecule has 5 aliphatic rings. The topological polar surface area (TPSA) is 41.1 Å². The van der Waals surface area contributed by atoms with Crippen LogP contribution in [0, 0.1) is 23.2 Å². The third kappa shape index (κ3) is 2.31. The Bertz CT molecular complexity index is 338. The first-order chi connectivity index (χ1) is 9.21. The zero-order valence-electron chi connectivity index (χ0n) is 11.8. The van der Waals surface area contributed by atoms with Crippen LogP contribution in [0.25, 0.3) is 0 Å². The van der Waals surface area contributed by atoms with Gasteiger partial charge in [0.25, 0.3) is 0 Å². The Kier molecular flexibility index (Phi) is 2.87. The lowest BCUT2D eigenvalue weighted by Gasteiger charge is -2.56. The van der Waals surface area contributed by atoms with Crippen LogP contribution in [0.15, 0.2) is 0 Å². The number of rotatable bonds is 3. The minimum absolute atomic E-state index is 0.329. The van der Waals surface area contributed by atoms with E-state index in [0.717, 1.165) is 43.7 Å². The molecule has 19 heavy (non-hydrogen) atoms. The summed E-state index contributed by atoms with van der Waals surface area (Å²) in [6.07, 6.45) is 10.3. The molecule has 1 aliphatic heterocycles. The Morgan fingerprint density at radius 1 is 1.11 bits per heavy atom.